The van der Waals surface area contributed by atoms with Crippen LogP contribution in [-0.2, 0) is 25.9 Å². The minimum Gasteiger partial charge on any atom is -0.494 e. The molecule has 0 aromatic heterocycles. The summed E-state index contributed by atoms with van der Waals surface area (Å²) in [6.45, 7) is 1.71. The number of hydrogen-bond donors (Lipinski definition) is 2. The van der Waals surface area contributed by atoms with Gasteiger partial charge in [0.25, 0.3) is 5.91 Å². The van der Waals surface area contributed by atoms with Crippen LogP contribution in [0.5, 0.6) is 5.75 Å². The molecule has 0 saturated carbocycles. The number of sulfone groups is 1. The third-order valence-corrected chi connectivity index (χ3v) is 9.87. The standard InChI is InChI=1S/C33H38N6O6S/c34-38-35-24-26-10-5-6-13-29(26)30-33(32(41)37-39-19-7-2-8-20-39,18-23-46(42,43)28-11-3-1-4-12-28)36-31(45-30)25-14-16-27(17-15-25)44-22-9-21-40/h1,3-6,10-17,30,40H,2,7-9,18-24H2,(H,37,41)/t30-,33-/m0/s1. The van der Waals surface area contributed by atoms with Crippen molar-refractivity contribution in [1.82, 2.24) is 10.4 Å². The Hall–Kier alpha value is -4.42. The van der Waals surface area contributed by atoms with Gasteiger partial charge in [-0.25, -0.2) is 18.4 Å². The van der Waals surface area contributed by atoms with Gasteiger partial charge in [-0.05, 0) is 65.9 Å². The van der Waals surface area contributed by atoms with Crippen molar-refractivity contribution in [3.63, 3.8) is 0 Å². The second-order valence-electron chi connectivity index (χ2n) is 11.2. The predicted molar refractivity (Wildman–Crippen MR) is 173 cm³/mol. The summed E-state index contributed by atoms with van der Waals surface area (Å²) in [6.07, 6.45) is 2.21. The summed E-state index contributed by atoms with van der Waals surface area (Å²) in [6, 6.07) is 22.3. The molecular weight excluding hydrogens is 608 g/mol. The number of aliphatic hydroxyl groups excluding tert-OH is 1. The lowest BCUT2D eigenvalue weighted by molar-refractivity contribution is -0.134. The number of ether oxygens (including phenoxy) is 2. The Kier molecular flexibility index (Phi) is 10.9. The van der Waals surface area contributed by atoms with E-state index in [9.17, 15) is 13.2 Å². The van der Waals surface area contributed by atoms with E-state index in [-0.39, 0.29) is 36.1 Å². The first kappa shape index (κ1) is 33.0. The lowest BCUT2D eigenvalue weighted by Gasteiger charge is -2.35. The van der Waals surface area contributed by atoms with E-state index in [4.69, 9.17) is 25.1 Å². The van der Waals surface area contributed by atoms with Crippen LogP contribution in [0.4, 0.5) is 0 Å². The van der Waals surface area contributed by atoms with Crippen LogP contribution in [0.2, 0.25) is 0 Å². The Morgan fingerprint density at radius 3 is 2.50 bits per heavy atom. The number of hydrogen-bond acceptors (Lipinski definition) is 9. The molecule has 46 heavy (non-hydrogen) atoms. The molecule has 5 rings (SSSR count). The Bertz CT molecular complexity index is 1670. The van der Waals surface area contributed by atoms with E-state index in [1.165, 1.54) is 12.1 Å². The first-order valence-electron chi connectivity index (χ1n) is 15.4. The number of aliphatic imine (C=N–C) groups is 1. The summed E-state index contributed by atoms with van der Waals surface area (Å²) < 4.78 is 39.4. The van der Waals surface area contributed by atoms with Gasteiger partial charge in [0.15, 0.2) is 21.5 Å². The van der Waals surface area contributed by atoms with Crippen molar-refractivity contribution >= 4 is 21.6 Å². The molecule has 0 unspecified atom stereocenters. The first-order chi connectivity index (χ1) is 22.4. The van der Waals surface area contributed by atoms with Crippen LogP contribution in [0, 0.1) is 0 Å². The van der Waals surface area contributed by atoms with Gasteiger partial charge in [0.2, 0.25) is 5.90 Å². The van der Waals surface area contributed by atoms with E-state index >= 15 is 0 Å². The molecule has 2 atom stereocenters. The summed E-state index contributed by atoms with van der Waals surface area (Å²) in [4.78, 5) is 22.5. The highest BCUT2D eigenvalue weighted by molar-refractivity contribution is 7.91. The van der Waals surface area contributed by atoms with Crippen LogP contribution in [0.1, 0.15) is 54.9 Å². The molecule has 1 fully saturated rings. The predicted octanol–water partition coefficient (Wildman–Crippen LogP) is 4.90. The summed E-state index contributed by atoms with van der Waals surface area (Å²) in [5, 5.41) is 14.7. The van der Waals surface area contributed by atoms with E-state index < -0.39 is 27.4 Å². The van der Waals surface area contributed by atoms with Crippen LogP contribution < -0.4 is 10.2 Å². The Morgan fingerprint density at radius 1 is 1.07 bits per heavy atom. The molecule has 0 bridgehead atoms. The molecule has 0 radical (unpaired) electrons. The van der Waals surface area contributed by atoms with Crippen molar-refractivity contribution in [1.29, 1.82) is 0 Å². The SMILES string of the molecule is [N-]=[N+]=NCc1ccccc1[C@@H]1OC(c2ccc(OCCCO)cc2)=N[C@]1(CCS(=O)(=O)c1ccccc1)C(=O)NN1CCCCC1. The zero-order valence-electron chi connectivity index (χ0n) is 25.5. The van der Waals surface area contributed by atoms with Gasteiger partial charge in [-0.2, -0.15) is 0 Å². The summed E-state index contributed by atoms with van der Waals surface area (Å²) >= 11 is 0. The molecule has 0 spiro atoms. The molecule has 3 aromatic carbocycles. The molecule has 1 amide bonds. The largest absolute Gasteiger partial charge is 0.494 e. The molecule has 242 valence electrons. The monoisotopic (exact) mass is 646 g/mol. The lowest BCUT2D eigenvalue weighted by Crippen LogP contribution is -2.55. The summed E-state index contributed by atoms with van der Waals surface area (Å²) in [7, 11) is -3.80. The van der Waals surface area contributed by atoms with Gasteiger partial charge < -0.3 is 14.6 Å². The van der Waals surface area contributed by atoms with Gasteiger partial charge in [0, 0.05) is 43.0 Å². The third kappa shape index (κ3) is 7.68. The van der Waals surface area contributed by atoms with Crippen LogP contribution in [0.3, 0.4) is 0 Å². The highest BCUT2D eigenvalue weighted by atomic mass is 32.2. The number of aliphatic hydroxyl groups is 1. The molecule has 0 aliphatic carbocycles. The molecule has 1 saturated heterocycles. The van der Waals surface area contributed by atoms with E-state index in [1.807, 2.05) is 5.01 Å². The lowest BCUT2D eigenvalue weighted by atomic mass is 9.83. The van der Waals surface area contributed by atoms with Gasteiger partial charge in [-0.15, -0.1) is 0 Å². The number of benzene rings is 3. The van der Waals surface area contributed by atoms with Crippen molar-refractivity contribution in [3.8, 4) is 5.75 Å². The second kappa shape index (κ2) is 15.2. The topological polar surface area (TPSA) is 166 Å². The maximum absolute atomic E-state index is 14.5. The molecule has 13 heteroatoms. The Labute approximate surface area is 268 Å². The average molecular weight is 647 g/mol. The maximum atomic E-state index is 14.5. The second-order valence-corrected chi connectivity index (χ2v) is 13.4. The number of azide groups is 1. The van der Waals surface area contributed by atoms with Gasteiger partial charge >= 0.3 is 0 Å². The molecule has 2 aliphatic rings. The number of hydrazine groups is 1. The number of carbonyl (C=O) groups is 1. The normalized spacial score (nSPS) is 19.8. The van der Waals surface area contributed by atoms with Crippen LogP contribution >= 0.6 is 0 Å². The fourth-order valence-electron chi connectivity index (χ4n) is 5.67. The van der Waals surface area contributed by atoms with Crippen LogP contribution in [-0.4, -0.2) is 67.9 Å². The third-order valence-electron chi connectivity index (χ3n) is 8.14. The van der Waals surface area contributed by atoms with Crippen molar-refractivity contribution < 1.29 is 27.8 Å². The molecular formula is C33H38N6O6S. The number of piperidine rings is 1. The number of carbonyl (C=O) groups excluding carboxylic acids is 1. The molecule has 2 aliphatic heterocycles. The number of nitrogens with zero attached hydrogens (tertiary/aromatic N) is 5. The summed E-state index contributed by atoms with van der Waals surface area (Å²) in [5.74, 6) is -0.0660. The molecule has 12 nitrogen and oxygen atoms in total. The van der Waals surface area contributed by atoms with Crippen molar-refractivity contribution in [3.05, 3.63) is 106 Å². The Morgan fingerprint density at radius 2 is 1.78 bits per heavy atom. The smallest absolute Gasteiger partial charge is 0.266 e. The molecule has 3 aromatic rings. The van der Waals surface area contributed by atoms with Crippen LogP contribution in [0.25, 0.3) is 10.4 Å². The van der Waals surface area contributed by atoms with Crippen molar-refractivity contribution in [2.24, 2.45) is 10.1 Å². The van der Waals surface area contributed by atoms with E-state index in [1.54, 1.807) is 66.7 Å². The minimum absolute atomic E-state index is 0.00782. The van der Waals surface area contributed by atoms with Crippen molar-refractivity contribution in [2.75, 3.05) is 32.1 Å². The van der Waals surface area contributed by atoms with Crippen LogP contribution in [0.15, 0.2) is 93.9 Å². The molecule has 2 N–H and O–H groups in total. The molecule has 2 heterocycles. The zero-order chi connectivity index (χ0) is 32.4. The summed E-state index contributed by atoms with van der Waals surface area (Å²) in [5.41, 5.74) is 12.2. The average Bonchev–Trinajstić information content (AvgIpc) is 3.49. The number of rotatable bonds is 14. The quantitative estimate of drug-likeness (QED) is 0.109. The number of nitrogens with one attached hydrogen (secondary N) is 1. The van der Waals surface area contributed by atoms with Crippen molar-refractivity contribution in [2.45, 2.75) is 55.2 Å². The first-order valence-corrected chi connectivity index (χ1v) is 17.0. The van der Waals surface area contributed by atoms with E-state index in [0.29, 0.717) is 48.6 Å². The van der Waals surface area contributed by atoms with Gasteiger partial charge in [-0.3, -0.25) is 10.2 Å². The van der Waals surface area contributed by atoms with Gasteiger partial charge in [0.05, 0.1) is 23.8 Å². The zero-order valence-corrected chi connectivity index (χ0v) is 26.3. The highest BCUT2D eigenvalue weighted by Gasteiger charge is 2.54. The fraction of sp³-hybridized carbons (Fsp3) is 0.394. The Balaban J connectivity index is 1.59. The van der Waals surface area contributed by atoms with Gasteiger partial charge in [-0.1, -0.05) is 54.0 Å². The van der Waals surface area contributed by atoms with Gasteiger partial charge in [0.1, 0.15) is 5.75 Å². The highest BCUT2D eigenvalue weighted by Crippen LogP contribution is 2.44. The minimum atomic E-state index is -3.80. The maximum Gasteiger partial charge on any atom is 0.266 e. The fourth-order valence-corrected chi connectivity index (χ4v) is 7.06. The number of amides is 1. The van der Waals surface area contributed by atoms with E-state index in [2.05, 4.69) is 15.5 Å². The van der Waals surface area contributed by atoms with E-state index in [0.717, 1.165) is 19.3 Å².